The Kier molecular flexibility index (Phi) is 4.33. The number of carbonyl (C=O) groups excluding carboxylic acids is 2. The third-order valence-electron chi connectivity index (χ3n) is 4.38. The topological polar surface area (TPSA) is 85.3 Å². The van der Waals surface area contributed by atoms with Crippen molar-refractivity contribution >= 4 is 17.5 Å². The van der Waals surface area contributed by atoms with Crippen molar-refractivity contribution in [2.24, 2.45) is 0 Å². The lowest BCUT2D eigenvalue weighted by atomic mass is 10.1. The molecule has 1 aromatic heterocycles. The highest BCUT2D eigenvalue weighted by atomic mass is 16.5. The first kappa shape index (κ1) is 16.8. The van der Waals surface area contributed by atoms with Gasteiger partial charge in [-0.3, -0.25) is 9.59 Å². The first-order valence-electron chi connectivity index (χ1n) is 8.58. The molecule has 2 amide bonds. The molecular formula is C20H18N4O3. The van der Waals surface area contributed by atoms with Crippen molar-refractivity contribution in [3.05, 3.63) is 72.1 Å². The van der Waals surface area contributed by atoms with Gasteiger partial charge in [0.05, 0.1) is 23.0 Å². The van der Waals surface area contributed by atoms with Gasteiger partial charge in [-0.15, -0.1) is 0 Å². The van der Waals surface area contributed by atoms with Crippen molar-refractivity contribution in [1.29, 1.82) is 0 Å². The molecule has 0 saturated heterocycles. The van der Waals surface area contributed by atoms with E-state index in [-0.39, 0.29) is 24.5 Å². The molecule has 2 heterocycles. The van der Waals surface area contributed by atoms with Gasteiger partial charge in [0.15, 0.2) is 6.61 Å². The number of nitrogens with zero attached hydrogens (tertiary/aromatic N) is 2. The number of amides is 2. The van der Waals surface area contributed by atoms with E-state index in [1.54, 1.807) is 35.3 Å². The summed E-state index contributed by atoms with van der Waals surface area (Å²) in [6.07, 6.45) is 3.46. The number of anilines is 1. The van der Waals surface area contributed by atoms with E-state index in [2.05, 4.69) is 15.7 Å². The minimum atomic E-state index is -0.257. The second kappa shape index (κ2) is 6.95. The van der Waals surface area contributed by atoms with Crippen LogP contribution < -0.4 is 15.4 Å². The Morgan fingerprint density at radius 3 is 2.93 bits per heavy atom. The minimum absolute atomic E-state index is 0.0167. The fourth-order valence-electron chi connectivity index (χ4n) is 3.00. The fraction of sp³-hybridized carbons (Fsp3) is 0.150. The molecule has 3 aromatic rings. The molecule has 1 aliphatic heterocycles. The van der Waals surface area contributed by atoms with Crippen LogP contribution in [-0.4, -0.2) is 28.2 Å². The Morgan fingerprint density at radius 2 is 2.11 bits per heavy atom. The molecule has 27 heavy (non-hydrogen) atoms. The molecule has 0 fully saturated rings. The van der Waals surface area contributed by atoms with Crippen LogP contribution >= 0.6 is 0 Å². The zero-order chi connectivity index (χ0) is 18.8. The molecule has 4 rings (SSSR count). The second-order valence-corrected chi connectivity index (χ2v) is 6.26. The number of ether oxygens (including phenoxy) is 1. The summed E-state index contributed by atoms with van der Waals surface area (Å²) in [6.45, 7) is 1.91. The normalized spacial score (nSPS) is 13.9. The summed E-state index contributed by atoms with van der Waals surface area (Å²) < 4.78 is 7.03. The van der Waals surface area contributed by atoms with Crippen molar-refractivity contribution < 1.29 is 14.3 Å². The van der Waals surface area contributed by atoms with E-state index in [1.807, 2.05) is 37.3 Å². The number of rotatable bonds is 4. The molecule has 0 bridgehead atoms. The molecule has 1 unspecified atom stereocenters. The van der Waals surface area contributed by atoms with Crippen molar-refractivity contribution in [3.63, 3.8) is 0 Å². The van der Waals surface area contributed by atoms with Crippen LogP contribution in [0.3, 0.4) is 0 Å². The van der Waals surface area contributed by atoms with E-state index < -0.39 is 0 Å². The van der Waals surface area contributed by atoms with Gasteiger partial charge in [0.25, 0.3) is 11.8 Å². The zero-order valence-electron chi connectivity index (χ0n) is 14.7. The van der Waals surface area contributed by atoms with E-state index in [9.17, 15) is 9.59 Å². The van der Waals surface area contributed by atoms with Gasteiger partial charge in [-0.1, -0.05) is 18.2 Å². The third kappa shape index (κ3) is 3.39. The van der Waals surface area contributed by atoms with Gasteiger partial charge in [-0.25, -0.2) is 4.68 Å². The van der Waals surface area contributed by atoms with Crippen LogP contribution in [0.5, 0.6) is 5.75 Å². The molecule has 7 nitrogen and oxygen atoms in total. The number of nitrogens with one attached hydrogen (secondary N) is 2. The summed E-state index contributed by atoms with van der Waals surface area (Å²) in [6, 6.07) is 14.3. The molecule has 0 saturated carbocycles. The van der Waals surface area contributed by atoms with E-state index >= 15 is 0 Å². The van der Waals surface area contributed by atoms with Crippen LogP contribution in [-0.2, 0) is 4.79 Å². The predicted octanol–water partition coefficient (Wildman–Crippen LogP) is 2.69. The van der Waals surface area contributed by atoms with Crippen LogP contribution in [0, 0.1) is 0 Å². The first-order valence-corrected chi connectivity index (χ1v) is 8.58. The van der Waals surface area contributed by atoms with Crippen LogP contribution in [0.4, 0.5) is 5.69 Å². The lowest BCUT2D eigenvalue weighted by Gasteiger charge is -2.21. The highest BCUT2D eigenvalue weighted by Crippen LogP contribution is 2.30. The average Bonchev–Trinajstić information content (AvgIpc) is 3.22. The number of aromatic nitrogens is 2. The Labute approximate surface area is 156 Å². The number of benzene rings is 2. The van der Waals surface area contributed by atoms with E-state index in [0.29, 0.717) is 22.7 Å². The van der Waals surface area contributed by atoms with Gasteiger partial charge >= 0.3 is 0 Å². The lowest BCUT2D eigenvalue weighted by Crippen LogP contribution is -2.28. The van der Waals surface area contributed by atoms with Crippen molar-refractivity contribution in [3.8, 4) is 11.4 Å². The van der Waals surface area contributed by atoms with Gasteiger partial charge in [0, 0.05) is 12.4 Å². The number of fused-ring (bicyclic) bond motifs is 1. The molecule has 136 valence electrons. The quantitative estimate of drug-likeness (QED) is 0.747. The largest absolute Gasteiger partial charge is 0.482 e. The van der Waals surface area contributed by atoms with Gasteiger partial charge in [-0.2, -0.15) is 5.10 Å². The van der Waals surface area contributed by atoms with Gasteiger partial charge in [0.2, 0.25) is 0 Å². The zero-order valence-corrected chi connectivity index (χ0v) is 14.7. The molecule has 0 spiro atoms. The Hall–Kier alpha value is -3.61. The smallest absolute Gasteiger partial charge is 0.262 e. The van der Waals surface area contributed by atoms with Crippen LogP contribution in [0.1, 0.15) is 28.9 Å². The molecule has 1 aliphatic rings. The Bertz CT molecular complexity index is 998. The van der Waals surface area contributed by atoms with Crippen LogP contribution in [0.2, 0.25) is 0 Å². The molecular weight excluding hydrogens is 344 g/mol. The molecule has 0 aliphatic carbocycles. The first-order chi connectivity index (χ1) is 13.1. The maximum Gasteiger partial charge on any atom is 0.262 e. The van der Waals surface area contributed by atoms with Crippen LogP contribution in [0.25, 0.3) is 5.69 Å². The minimum Gasteiger partial charge on any atom is -0.482 e. The second-order valence-electron chi connectivity index (χ2n) is 6.26. The summed E-state index contributed by atoms with van der Waals surface area (Å²) in [5.41, 5.74) is 2.72. The number of hydrogen-bond acceptors (Lipinski definition) is 4. The van der Waals surface area contributed by atoms with Crippen molar-refractivity contribution in [2.75, 3.05) is 11.9 Å². The summed E-state index contributed by atoms with van der Waals surface area (Å²) in [7, 11) is 0. The lowest BCUT2D eigenvalue weighted by molar-refractivity contribution is -0.118. The number of para-hydroxylation sites is 1. The maximum atomic E-state index is 12.8. The summed E-state index contributed by atoms with van der Waals surface area (Å²) in [5.74, 6) is 0.233. The highest BCUT2D eigenvalue weighted by Gasteiger charge is 2.19. The SMILES string of the molecule is CC(NC(=O)c1ccccc1-n1cccn1)c1ccc2c(c1)NC(=O)CO2. The Morgan fingerprint density at radius 1 is 1.26 bits per heavy atom. The molecule has 2 aromatic carbocycles. The highest BCUT2D eigenvalue weighted by molar-refractivity contribution is 5.98. The predicted molar refractivity (Wildman–Crippen MR) is 100 cm³/mol. The third-order valence-corrected chi connectivity index (χ3v) is 4.38. The molecule has 2 N–H and O–H groups in total. The van der Waals surface area contributed by atoms with Gasteiger partial charge in [-0.05, 0) is 42.8 Å². The van der Waals surface area contributed by atoms with Gasteiger partial charge in [0.1, 0.15) is 5.75 Å². The summed E-state index contributed by atoms with van der Waals surface area (Å²) in [5, 5.41) is 9.98. The monoisotopic (exact) mass is 362 g/mol. The van der Waals surface area contributed by atoms with Crippen molar-refractivity contribution in [1.82, 2.24) is 15.1 Å². The van der Waals surface area contributed by atoms with E-state index in [1.165, 1.54) is 0 Å². The Balaban J connectivity index is 1.56. The van der Waals surface area contributed by atoms with E-state index in [0.717, 1.165) is 5.56 Å². The summed E-state index contributed by atoms with van der Waals surface area (Å²) >= 11 is 0. The van der Waals surface area contributed by atoms with Crippen molar-refractivity contribution in [2.45, 2.75) is 13.0 Å². The van der Waals surface area contributed by atoms with E-state index in [4.69, 9.17) is 4.74 Å². The van der Waals surface area contributed by atoms with Gasteiger partial charge < -0.3 is 15.4 Å². The standard InChI is InChI=1S/C20H18N4O3/c1-13(14-7-8-18-16(11-14)23-19(25)12-27-18)22-20(26)15-5-2-3-6-17(15)24-10-4-9-21-24/h2-11,13H,12H2,1H3,(H,22,26)(H,23,25). The number of hydrogen-bond donors (Lipinski definition) is 2. The van der Waals surface area contributed by atoms with Crippen LogP contribution in [0.15, 0.2) is 60.9 Å². The summed E-state index contributed by atoms with van der Waals surface area (Å²) in [4.78, 5) is 24.3. The number of carbonyl (C=O) groups is 2. The maximum absolute atomic E-state index is 12.8. The molecule has 0 radical (unpaired) electrons. The molecule has 7 heteroatoms. The molecule has 1 atom stereocenters. The fourth-order valence-corrected chi connectivity index (χ4v) is 3.00. The average molecular weight is 362 g/mol.